The first-order valence-electron chi connectivity index (χ1n) is 6.26. The zero-order valence-electron chi connectivity index (χ0n) is 11.0. The fourth-order valence-corrected chi connectivity index (χ4v) is 1.82. The first kappa shape index (κ1) is 14.2. The highest BCUT2D eigenvalue weighted by Crippen LogP contribution is 2.15. The molecule has 18 heavy (non-hydrogen) atoms. The van der Waals surface area contributed by atoms with Crippen molar-refractivity contribution in [2.24, 2.45) is 5.92 Å². The molecule has 0 amide bonds. The molecule has 0 aliphatic rings. The Hall–Kier alpha value is -1.82. The van der Waals surface area contributed by atoms with E-state index in [-0.39, 0.29) is 5.78 Å². The van der Waals surface area contributed by atoms with Gasteiger partial charge in [0.1, 0.15) is 17.5 Å². The summed E-state index contributed by atoms with van der Waals surface area (Å²) in [6.07, 6.45) is 2.65. The van der Waals surface area contributed by atoms with Crippen LogP contribution >= 0.6 is 0 Å². The van der Waals surface area contributed by atoms with E-state index in [1.54, 1.807) is 7.11 Å². The zero-order chi connectivity index (χ0) is 13.4. The molecule has 0 aliphatic heterocycles. The summed E-state index contributed by atoms with van der Waals surface area (Å²) in [5.41, 5.74) is 1.09. The van der Waals surface area contributed by atoms with Gasteiger partial charge in [-0.25, -0.2) is 0 Å². The summed E-state index contributed by atoms with van der Waals surface area (Å²) >= 11 is 0. The van der Waals surface area contributed by atoms with Crippen LogP contribution in [0.25, 0.3) is 0 Å². The maximum atomic E-state index is 11.8. The van der Waals surface area contributed by atoms with Gasteiger partial charge in [0.15, 0.2) is 0 Å². The first-order chi connectivity index (χ1) is 8.71. The molecule has 0 saturated carbocycles. The van der Waals surface area contributed by atoms with Crippen molar-refractivity contribution >= 4 is 5.78 Å². The number of methoxy groups -OCH3 is 1. The number of benzene rings is 1. The molecule has 0 bridgehead atoms. The van der Waals surface area contributed by atoms with E-state index in [1.807, 2.05) is 31.2 Å². The second-order valence-electron chi connectivity index (χ2n) is 4.28. The number of nitrogens with zero attached hydrogens (tertiary/aromatic N) is 1. The molecule has 1 rings (SSSR count). The van der Waals surface area contributed by atoms with Gasteiger partial charge in [-0.15, -0.1) is 0 Å². The van der Waals surface area contributed by atoms with Crippen LogP contribution in [0.5, 0.6) is 5.75 Å². The highest BCUT2D eigenvalue weighted by Gasteiger charge is 2.16. The number of hydrogen-bond donors (Lipinski definition) is 0. The van der Waals surface area contributed by atoms with E-state index in [0.29, 0.717) is 19.3 Å². The molecular weight excluding hydrogens is 226 g/mol. The Balaban J connectivity index is 2.48. The Bertz CT molecular complexity index is 417. The minimum Gasteiger partial charge on any atom is -0.497 e. The Labute approximate surface area is 108 Å². The van der Waals surface area contributed by atoms with Crippen molar-refractivity contribution in [2.45, 2.75) is 32.6 Å². The minimum absolute atomic E-state index is 0.0511. The van der Waals surface area contributed by atoms with E-state index in [2.05, 4.69) is 6.07 Å². The van der Waals surface area contributed by atoms with Crippen molar-refractivity contribution in [1.82, 2.24) is 0 Å². The molecule has 0 heterocycles. The van der Waals surface area contributed by atoms with Gasteiger partial charge in [-0.2, -0.15) is 5.26 Å². The van der Waals surface area contributed by atoms with Crippen LogP contribution in [-0.2, 0) is 11.2 Å². The average molecular weight is 245 g/mol. The predicted molar refractivity (Wildman–Crippen MR) is 70.3 cm³/mol. The Morgan fingerprint density at radius 2 is 2.06 bits per heavy atom. The van der Waals surface area contributed by atoms with Crippen molar-refractivity contribution in [3.63, 3.8) is 0 Å². The van der Waals surface area contributed by atoms with E-state index >= 15 is 0 Å². The highest BCUT2D eigenvalue weighted by molar-refractivity contribution is 5.83. The van der Waals surface area contributed by atoms with Crippen LogP contribution < -0.4 is 4.74 Å². The van der Waals surface area contributed by atoms with Crippen LogP contribution in [0.3, 0.4) is 0 Å². The number of ether oxygens (including phenoxy) is 1. The molecule has 1 unspecified atom stereocenters. The molecule has 0 fully saturated rings. The predicted octanol–water partition coefficient (Wildman–Crippen LogP) is 3.14. The molecule has 1 aromatic carbocycles. The molecule has 0 spiro atoms. The van der Waals surface area contributed by atoms with Crippen LogP contribution in [0.1, 0.15) is 31.7 Å². The van der Waals surface area contributed by atoms with E-state index in [1.165, 1.54) is 0 Å². The van der Waals surface area contributed by atoms with Crippen molar-refractivity contribution in [2.75, 3.05) is 7.11 Å². The molecule has 0 N–H and O–H groups in total. The summed E-state index contributed by atoms with van der Waals surface area (Å²) in [4.78, 5) is 11.8. The van der Waals surface area contributed by atoms with Gasteiger partial charge < -0.3 is 4.74 Å². The molecule has 0 radical (unpaired) electrons. The standard InChI is InChI=1S/C15H19NO2/c1-3-4-13(11-16)15(17)10-7-12-5-8-14(18-2)9-6-12/h5-6,8-9,13H,3-4,7,10H2,1-2H3. The Kier molecular flexibility index (Phi) is 5.93. The Morgan fingerprint density at radius 1 is 1.39 bits per heavy atom. The quantitative estimate of drug-likeness (QED) is 0.741. The highest BCUT2D eigenvalue weighted by atomic mass is 16.5. The van der Waals surface area contributed by atoms with Gasteiger partial charge >= 0.3 is 0 Å². The zero-order valence-corrected chi connectivity index (χ0v) is 11.0. The van der Waals surface area contributed by atoms with Gasteiger partial charge in [0.2, 0.25) is 0 Å². The van der Waals surface area contributed by atoms with E-state index < -0.39 is 5.92 Å². The third kappa shape index (κ3) is 4.21. The SMILES string of the molecule is CCCC(C#N)C(=O)CCc1ccc(OC)cc1. The summed E-state index contributed by atoms with van der Waals surface area (Å²) in [7, 11) is 1.63. The van der Waals surface area contributed by atoms with Crippen LogP contribution in [0, 0.1) is 17.2 Å². The summed E-state index contributed by atoms with van der Waals surface area (Å²) < 4.78 is 5.07. The van der Waals surface area contributed by atoms with E-state index in [9.17, 15) is 4.79 Å². The number of nitriles is 1. The van der Waals surface area contributed by atoms with Crippen molar-refractivity contribution < 1.29 is 9.53 Å². The lowest BCUT2D eigenvalue weighted by atomic mass is 9.95. The maximum Gasteiger partial charge on any atom is 0.150 e. The van der Waals surface area contributed by atoms with Crippen LogP contribution in [0.15, 0.2) is 24.3 Å². The number of ketones is 1. The number of hydrogen-bond acceptors (Lipinski definition) is 3. The van der Waals surface area contributed by atoms with E-state index in [4.69, 9.17) is 10.00 Å². The largest absolute Gasteiger partial charge is 0.497 e. The number of rotatable bonds is 7. The smallest absolute Gasteiger partial charge is 0.150 e. The second kappa shape index (κ2) is 7.50. The summed E-state index contributed by atoms with van der Waals surface area (Å²) in [5.74, 6) is 0.425. The second-order valence-corrected chi connectivity index (χ2v) is 4.28. The van der Waals surface area contributed by atoms with Gasteiger partial charge in [0, 0.05) is 6.42 Å². The molecule has 0 saturated heterocycles. The number of carbonyl (C=O) groups excluding carboxylic acids is 1. The van der Waals surface area contributed by atoms with Gasteiger partial charge in [0.25, 0.3) is 0 Å². The van der Waals surface area contributed by atoms with Crippen LogP contribution in [-0.4, -0.2) is 12.9 Å². The summed E-state index contributed by atoms with van der Waals surface area (Å²) in [5, 5.41) is 8.91. The minimum atomic E-state index is -0.437. The van der Waals surface area contributed by atoms with Crippen LogP contribution in [0.4, 0.5) is 0 Å². The number of carbonyl (C=O) groups is 1. The summed E-state index contributed by atoms with van der Waals surface area (Å²) in [6.45, 7) is 1.99. The lowest BCUT2D eigenvalue weighted by molar-refractivity contribution is -0.121. The van der Waals surface area contributed by atoms with E-state index in [0.717, 1.165) is 17.7 Å². The lowest BCUT2D eigenvalue weighted by Crippen LogP contribution is -2.13. The average Bonchev–Trinajstić information content (AvgIpc) is 2.42. The maximum absolute atomic E-state index is 11.8. The fourth-order valence-electron chi connectivity index (χ4n) is 1.82. The van der Waals surface area contributed by atoms with Gasteiger partial charge in [-0.1, -0.05) is 25.5 Å². The fraction of sp³-hybridized carbons (Fsp3) is 0.467. The van der Waals surface area contributed by atoms with Gasteiger partial charge in [-0.05, 0) is 30.5 Å². The van der Waals surface area contributed by atoms with Crippen LogP contribution in [0.2, 0.25) is 0 Å². The molecule has 0 aliphatic carbocycles. The molecule has 1 aromatic rings. The van der Waals surface area contributed by atoms with Crippen molar-refractivity contribution in [3.05, 3.63) is 29.8 Å². The monoisotopic (exact) mass is 245 g/mol. The third-order valence-corrected chi connectivity index (χ3v) is 2.94. The van der Waals surface area contributed by atoms with Crippen molar-refractivity contribution in [3.8, 4) is 11.8 Å². The normalized spacial score (nSPS) is 11.6. The Morgan fingerprint density at radius 3 is 2.56 bits per heavy atom. The lowest BCUT2D eigenvalue weighted by Gasteiger charge is -2.07. The number of aryl methyl sites for hydroxylation is 1. The van der Waals surface area contributed by atoms with Crippen molar-refractivity contribution in [1.29, 1.82) is 5.26 Å². The topological polar surface area (TPSA) is 50.1 Å². The molecule has 96 valence electrons. The molecule has 1 atom stereocenters. The molecule has 3 nitrogen and oxygen atoms in total. The number of Topliss-reactive ketones (excluding diaryl/α,β-unsaturated/α-hetero) is 1. The van der Waals surface area contributed by atoms with Gasteiger partial charge in [0.05, 0.1) is 13.2 Å². The third-order valence-electron chi connectivity index (χ3n) is 2.94. The molecular formula is C15H19NO2. The van der Waals surface area contributed by atoms with Gasteiger partial charge in [-0.3, -0.25) is 4.79 Å². The summed E-state index contributed by atoms with van der Waals surface area (Å²) in [6, 6.07) is 9.76. The molecule has 3 heteroatoms. The molecule has 0 aromatic heterocycles. The first-order valence-corrected chi connectivity index (χ1v) is 6.26.